The molecule has 0 spiro atoms. The fourth-order valence-corrected chi connectivity index (χ4v) is 2.17. The SMILES string of the molecule is CCOC(CN)CCN(C)C(C)c1ccc(Cl)cc1. The van der Waals surface area contributed by atoms with Crippen molar-refractivity contribution < 1.29 is 4.74 Å². The average Bonchev–Trinajstić information content (AvgIpc) is 2.43. The first-order valence-electron chi connectivity index (χ1n) is 6.85. The van der Waals surface area contributed by atoms with Crippen molar-refractivity contribution in [1.82, 2.24) is 4.90 Å². The molecule has 0 radical (unpaired) electrons. The molecule has 3 nitrogen and oxygen atoms in total. The molecule has 0 amide bonds. The highest BCUT2D eigenvalue weighted by atomic mass is 35.5. The first kappa shape index (κ1) is 16.4. The predicted molar refractivity (Wildman–Crippen MR) is 81.6 cm³/mol. The van der Waals surface area contributed by atoms with E-state index < -0.39 is 0 Å². The van der Waals surface area contributed by atoms with E-state index in [1.165, 1.54) is 5.56 Å². The lowest BCUT2D eigenvalue weighted by Gasteiger charge is -2.27. The molecule has 0 aliphatic rings. The van der Waals surface area contributed by atoms with Crippen LogP contribution in [0.5, 0.6) is 0 Å². The Morgan fingerprint density at radius 2 is 1.95 bits per heavy atom. The van der Waals surface area contributed by atoms with Crippen LogP contribution in [0.4, 0.5) is 0 Å². The van der Waals surface area contributed by atoms with Gasteiger partial charge >= 0.3 is 0 Å². The Morgan fingerprint density at radius 1 is 1.32 bits per heavy atom. The highest BCUT2D eigenvalue weighted by molar-refractivity contribution is 6.30. The van der Waals surface area contributed by atoms with Gasteiger partial charge in [0.2, 0.25) is 0 Å². The topological polar surface area (TPSA) is 38.5 Å². The first-order chi connectivity index (χ1) is 9.08. The molecule has 0 aliphatic carbocycles. The molecule has 0 bridgehead atoms. The van der Waals surface area contributed by atoms with Crippen molar-refractivity contribution in [1.29, 1.82) is 0 Å². The highest BCUT2D eigenvalue weighted by Crippen LogP contribution is 2.21. The van der Waals surface area contributed by atoms with E-state index in [1.807, 2.05) is 19.1 Å². The molecule has 19 heavy (non-hydrogen) atoms. The fourth-order valence-electron chi connectivity index (χ4n) is 2.04. The van der Waals surface area contributed by atoms with Crippen LogP contribution in [0.15, 0.2) is 24.3 Å². The third-order valence-electron chi connectivity index (χ3n) is 3.48. The van der Waals surface area contributed by atoms with Crippen LogP contribution in [0.2, 0.25) is 5.02 Å². The number of nitrogens with zero attached hydrogens (tertiary/aromatic N) is 1. The molecule has 1 aromatic rings. The van der Waals surface area contributed by atoms with E-state index in [2.05, 4.69) is 31.0 Å². The number of hydrogen-bond donors (Lipinski definition) is 1. The first-order valence-corrected chi connectivity index (χ1v) is 7.23. The summed E-state index contributed by atoms with van der Waals surface area (Å²) in [6.45, 7) is 6.46. The van der Waals surface area contributed by atoms with Gasteiger partial charge in [0, 0.05) is 30.8 Å². The fraction of sp³-hybridized carbons (Fsp3) is 0.600. The van der Waals surface area contributed by atoms with Gasteiger partial charge in [-0.1, -0.05) is 23.7 Å². The summed E-state index contributed by atoms with van der Waals surface area (Å²) in [6.07, 6.45) is 1.11. The van der Waals surface area contributed by atoms with E-state index >= 15 is 0 Å². The summed E-state index contributed by atoms with van der Waals surface area (Å²) < 4.78 is 5.57. The maximum absolute atomic E-state index is 5.91. The number of ether oxygens (including phenoxy) is 1. The monoisotopic (exact) mass is 284 g/mol. The third kappa shape index (κ3) is 5.49. The van der Waals surface area contributed by atoms with Crippen molar-refractivity contribution in [2.24, 2.45) is 5.73 Å². The van der Waals surface area contributed by atoms with Crippen LogP contribution in [0, 0.1) is 0 Å². The van der Waals surface area contributed by atoms with Crippen LogP contribution >= 0.6 is 11.6 Å². The molecule has 2 N–H and O–H groups in total. The number of halogens is 1. The zero-order valence-corrected chi connectivity index (χ0v) is 12.9. The Morgan fingerprint density at radius 3 is 2.47 bits per heavy atom. The highest BCUT2D eigenvalue weighted by Gasteiger charge is 2.14. The zero-order valence-electron chi connectivity index (χ0n) is 12.1. The lowest BCUT2D eigenvalue weighted by Crippen LogP contribution is -2.31. The second kappa shape index (κ2) is 8.54. The normalized spacial score (nSPS) is 14.6. The van der Waals surface area contributed by atoms with Gasteiger partial charge in [-0.05, 0) is 45.0 Å². The molecule has 0 heterocycles. The standard InChI is InChI=1S/C15H25ClN2O/c1-4-19-15(11-17)9-10-18(3)12(2)13-5-7-14(16)8-6-13/h5-8,12,15H,4,9-11,17H2,1-3H3. The molecule has 0 aliphatic heterocycles. The minimum Gasteiger partial charge on any atom is -0.377 e. The number of rotatable bonds is 8. The van der Waals surface area contributed by atoms with Crippen molar-refractivity contribution in [3.05, 3.63) is 34.9 Å². The van der Waals surface area contributed by atoms with Crippen molar-refractivity contribution in [3.8, 4) is 0 Å². The van der Waals surface area contributed by atoms with Gasteiger partial charge in [-0.15, -0.1) is 0 Å². The van der Waals surface area contributed by atoms with Crippen LogP contribution in [0.25, 0.3) is 0 Å². The van der Waals surface area contributed by atoms with E-state index in [0.717, 1.165) is 24.6 Å². The van der Waals surface area contributed by atoms with Gasteiger partial charge in [-0.2, -0.15) is 0 Å². The molecular formula is C15H25ClN2O. The Bertz CT molecular complexity index is 356. The van der Waals surface area contributed by atoms with Crippen LogP contribution in [-0.2, 0) is 4.74 Å². The minimum atomic E-state index is 0.157. The van der Waals surface area contributed by atoms with E-state index in [0.29, 0.717) is 12.6 Å². The van der Waals surface area contributed by atoms with Gasteiger partial charge < -0.3 is 10.5 Å². The lowest BCUT2D eigenvalue weighted by atomic mass is 10.1. The summed E-state index contributed by atoms with van der Waals surface area (Å²) in [5.74, 6) is 0. The van der Waals surface area contributed by atoms with Gasteiger partial charge in [-0.25, -0.2) is 0 Å². The quantitative estimate of drug-likeness (QED) is 0.797. The van der Waals surface area contributed by atoms with E-state index in [9.17, 15) is 0 Å². The molecular weight excluding hydrogens is 260 g/mol. The van der Waals surface area contributed by atoms with Gasteiger partial charge in [-0.3, -0.25) is 4.90 Å². The third-order valence-corrected chi connectivity index (χ3v) is 3.73. The Balaban J connectivity index is 2.48. The maximum Gasteiger partial charge on any atom is 0.0709 e. The molecule has 2 unspecified atom stereocenters. The molecule has 0 fully saturated rings. The minimum absolute atomic E-state index is 0.157. The summed E-state index contributed by atoms with van der Waals surface area (Å²) in [5.41, 5.74) is 6.96. The van der Waals surface area contributed by atoms with E-state index in [4.69, 9.17) is 22.1 Å². The van der Waals surface area contributed by atoms with Crippen molar-refractivity contribution >= 4 is 11.6 Å². The molecule has 0 saturated heterocycles. The zero-order chi connectivity index (χ0) is 14.3. The van der Waals surface area contributed by atoms with Gasteiger partial charge in [0.1, 0.15) is 0 Å². The average molecular weight is 285 g/mol. The lowest BCUT2D eigenvalue weighted by molar-refractivity contribution is 0.0535. The van der Waals surface area contributed by atoms with E-state index in [1.54, 1.807) is 0 Å². The molecule has 1 aromatic carbocycles. The molecule has 4 heteroatoms. The van der Waals surface area contributed by atoms with Crippen molar-refractivity contribution in [2.45, 2.75) is 32.4 Å². The molecule has 108 valence electrons. The summed E-state index contributed by atoms with van der Waals surface area (Å²) in [7, 11) is 2.12. The van der Waals surface area contributed by atoms with Crippen LogP contribution in [-0.4, -0.2) is 37.7 Å². The molecule has 0 aromatic heterocycles. The largest absolute Gasteiger partial charge is 0.377 e. The van der Waals surface area contributed by atoms with Gasteiger partial charge in [0.15, 0.2) is 0 Å². The molecule has 2 atom stereocenters. The van der Waals surface area contributed by atoms with Crippen LogP contribution in [0.3, 0.4) is 0 Å². The summed E-state index contributed by atoms with van der Waals surface area (Å²) in [5, 5.41) is 0.776. The molecule has 1 rings (SSSR count). The summed E-state index contributed by atoms with van der Waals surface area (Å²) in [4.78, 5) is 2.31. The number of benzene rings is 1. The Hall–Kier alpha value is -0.610. The predicted octanol–water partition coefficient (Wildman–Crippen LogP) is 3.09. The second-order valence-electron chi connectivity index (χ2n) is 4.81. The van der Waals surface area contributed by atoms with Crippen molar-refractivity contribution in [2.75, 3.05) is 26.7 Å². The molecule has 0 saturated carbocycles. The summed E-state index contributed by atoms with van der Waals surface area (Å²) in [6, 6.07) is 8.38. The number of nitrogens with two attached hydrogens (primary N) is 1. The Kier molecular flexibility index (Phi) is 7.39. The van der Waals surface area contributed by atoms with Crippen LogP contribution < -0.4 is 5.73 Å². The van der Waals surface area contributed by atoms with E-state index in [-0.39, 0.29) is 6.10 Å². The maximum atomic E-state index is 5.91. The summed E-state index contributed by atoms with van der Waals surface area (Å²) >= 11 is 5.91. The number of hydrogen-bond acceptors (Lipinski definition) is 3. The van der Waals surface area contributed by atoms with Crippen LogP contribution in [0.1, 0.15) is 31.9 Å². The van der Waals surface area contributed by atoms with Gasteiger partial charge in [0.25, 0.3) is 0 Å². The van der Waals surface area contributed by atoms with Gasteiger partial charge in [0.05, 0.1) is 6.10 Å². The smallest absolute Gasteiger partial charge is 0.0709 e. The van der Waals surface area contributed by atoms with Crippen molar-refractivity contribution in [3.63, 3.8) is 0 Å². The Labute approximate surface area is 121 Å². The second-order valence-corrected chi connectivity index (χ2v) is 5.25.